The molecule has 9 nitrogen and oxygen atoms in total. The Labute approximate surface area is 209 Å². The number of amides is 3. The minimum absolute atomic E-state index is 0.0211. The van der Waals surface area contributed by atoms with Crippen molar-refractivity contribution in [2.24, 2.45) is 0 Å². The van der Waals surface area contributed by atoms with Gasteiger partial charge in [0.05, 0.1) is 30.1 Å². The molecular weight excluding hydrogens is 498 g/mol. The number of allylic oxidation sites excluding steroid dienone is 1. The SMILES string of the molecule is COc1cc2nccc(Oc3c(F)cc(NC(=O)NC4CC4)c(Cl)c3F)c2cc1C(=O)N/C(C)=C\O. The number of hydrogen-bond donors (Lipinski definition) is 4. The van der Waals surface area contributed by atoms with Crippen LogP contribution in [0, 0.1) is 11.6 Å². The average Bonchev–Trinajstić information content (AvgIpc) is 3.67. The number of carbonyl (C=O) groups excluding carboxylic acids is 2. The highest BCUT2D eigenvalue weighted by Gasteiger charge is 2.26. The maximum atomic E-state index is 15.0. The molecular formula is C24H21ClF2N4O5. The first-order valence-electron chi connectivity index (χ1n) is 10.7. The lowest BCUT2D eigenvalue weighted by molar-refractivity contribution is 0.0962. The van der Waals surface area contributed by atoms with Gasteiger partial charge in [0.15, 0.2) is 17.4 Å². The average molecular weight is 519 g/mol. The summed E-state index contributed by atoms with van der Waals surface area (Å²) in [6.45, 7) is 1.48. The fraction of sp³-hybridized carbons (Fsp3) is 0.208. The standard InChI is InChI=1S/C24H21ClF2N4O5/c1-11(10-32)29-23(33)14-7-13-16(9-19(14)35-2)28-6-5-18(13)36-22-15(26)8-17(20(25)21(22)27)31-24(34)30-12-3-4-12/h5-10,12,32H,3-4H2,1-2H3,(H,29,33)(H2,30,31,34)/b11-10-. The van der Waals surface area contributed by atoms with Gasteiger partial charge < -0.3 is 30.5 Å². The molecule has 0 aliphatic heterocycles. The molecule has 4 N–H and O–H groups in total. The van der Waals surface area contributed by atoms with Gasteiger partial charge in [0.25, 0.3) is 5.91 Å². The van der Waals surface area contributed by atoms with E-state index in [0.29, 0.717) is 5.52 Å². The highest BCUT2D eigenvalue weighted by molar-refractivity contribution is 6.34. The summed E-state index contributed by atoms with van der Waals surface area (Å²) in [5.74, 6) is -3.59. The predicted octanol–water partition coefficient (Wildman–Crippen LogP) is 5.40. The Morgan fingerprint density at radius 3 is 2.64 bits per heavy atom. The number of benzene rings is 2. The summed E-state index contributed by atoms with van der Waals surface area (Å²) in [7, 11) is 1.36. The van der Waals surface area contributed by atoms with E-state index in [9.17, 15) is 14.0 Å². The van der Waals surface area contributed by atoms with E-state index in [0.717, 1.165) is 25.2 Å². The van der Waals surface area contributed by atoms with Crippen molar-refractivity contribution in [2.75, 3.05) is 12.4 Å². The van der Waals surface area contributed by atoms with Crippen LogP contribution in [0.5, 0.6) is 17.2 Å². The van der Waals surface area contributed by atoms with Crippen molar-refractivity contribution in [2.45, 2.75) is 25.8 Å². The first kappa shape index (κ1) is 25.0. The van der Waals surface area contributed by atoms with Crippen LogP contribution in [0.15, 0.2) is 42.4 Å². The molecule has 1 aliphatic carbocycles. The number of aromatic nitrogens is 1. The third-order valence-electron chi connectivity index (χ3n) is 5.26. The molecule has 0 radical (unpaired) electrons. The van der Waals surface area contributed by atoms with Crippen molar-refractivity contribution in [3.8, 4) is 17.2 Å². The van der Waals surface area contributed by atoms with E-state index < -0.39 is 34.3 Å². The third kappa shape index (κ3) is 5.25. The minimum Gasteiger partial charge on any atom is -0.514 e. The van der Waals surface area contributed by atoms with Gasteiger partial charge in [-0.15, -0.1) is 0 Å². The summed E-state index contributed by atoms with van der Waals surface area (Å²) in [5.41, 5.74) is 0.303. The maximum absolute atomic E-state index is 15.0. The van der Waals surface area contributed by atoms with E-state index in [1.807, 2.05) is 0 Å². The van der Waals surface area contributed by atoms with E-state index in [4.69, 9.17) is 26.2 Å². The van der Waals surface area contributed by atoms with E-state index >= 15 is 4.39 Å². The van der Waals surface area contributed by atoms with Crippen LogP contribution in [0.25, 0.3) is 10.9 Å². The molecule has 1 aliphatic rings. The number of hydrogen-bond acceptors (Lipinski definition) is 6. The Kier molecular flexibility index (Phi) is 7.11. The lowest BCUT2D eigenvalue weighted by Crippen LogP contribution is -2.30. The van der Waals surface area contributed by atoms with Gasteiger partial charge in [-0.3, -0.25) is 9.78 Å². The van der Waals surface area contributed by atoms with E-state index in [1.165, 1.54) is 38.4 Å². The number of nitrogens with zero attached hydrogens (tertiary/aromatic N) is 1. The summed E-state index contributed by atoms with van der Waals surface area (Å²) in [6.07, 6.45) is 3.75. The van der Waals surface area contributed by atoms with Crippen molar-refractivity contribution in [1.82, 2.24) is 15.6 Å². The van der Waals surface area contributed by atoms with Crippen molar-refractivity contribution >= 4 is 40.1 Å². The lowest BCUT2D eigenvalue weighted by Gasteiger charge is -2.15. The number of methoxy groups -OCH3 is 1. The molecule has 1 heterocycles. The number of pyridine rings is 1. The Morgan fingerprint density at radius 1 is 1.22 bits per heavy atom. The molecule has 12 heteroatoms. The fourth-order valence-corrected chi connectivity index (χ4v) is 3.49. The lowest BCUT2D eigenvalue weighted by atomic mass is 10.1. The van der Waals surface area contributed by atoms with Crippen molar-refractivity contribution < 1.29 is 33.0 Å². The summed E-state index contributed by atoms with van der Waals surface area (Å²) in [4.78, 5) is 28.8. The fourth-order valence-electron chi connectivity index (χ4n) is 3.31. The van der Waals surface area contributed by atoms with Crippen LogP contribution in [-0.4, -0.2) is 35.2 Å². The van der Waals surface area contributed by atoms with E-state index in [-0.39, 0.29) is 39.9 Å². The summed E-state index contributed by atoms with van der Waals surface area (Å²) in [6, 6.07) is 4.46. The second-order valence-corrected chi connectivity index (χ2v) is 8.36. The number of aliphatic hydroxyl groups excluding tert-OH is 1. The normalized spacial score (nSPS) is 13.3. The van der Waals surface area contributed by atoms with Crippen LogP contribution in [0.1, 0.15) is 30.1 Å². The topological polar surface area (TPSA) is 122 Å². The number of fused-ring (bicyclic) bond motifs is 1. The highest BCUT2D eigenvalue weighted by Crippen LogP contribution is 2.39. The van der Waals surface area contributed by atoms with Gasteiger partial charge in [0, 0.05) is 35.5 Å². The van der Waals surface area contributed by atoms with Gasteiger partial charge >= 0.3 is 6.03 Å². The zero-order valence-corrected chi connectivity index (χ0v) is 19.9. The van der Waals surface area contributed by atoms with Crippen LogP contribution in [-0.2, 0) is 0 Å². The van der Waals surface area contributed by atoms with E-state index in [2.05, 4.69) is 20.9 Å². The molecule has 3 aromatic rings. The Balaban J connectivity index is 1.70. The van der Waals surface area contributed by atoms with Crippen LogP contribution in [0.2, 0.25) is 5.02 Å². The van der Waals surface area contributed by atoms with Crippen LogP contribution < -0.4 is 25.4 Å². The third-order valence-corrected chi connectivity index (χ3v) is 5.63. The van der Waals surface area contributed by atoms with E-state index in [1.54, 1.807) is 0 Å². The molecule has 0 saturated heterocycles. The van der Waals surface area contributed by atoms with Crippen molar-refractivity contribution in [3.63, 3.8) is 0 Å². The van der Waals surface area contributed by atoms with Crippen LogP contribution in [0.3, 0.4) is 0 Å². The first-order valence-corrected chi connectivity index (χ1v) is 11.1. The molecule has 36 heavy (non-hydrogen) atoms. The van der Waals surface area contributed by atoms with Crippen molar-refractivity contribution in [3.05, 3.63) is 64.6 Å². The number of nitrogens with one attached hydrogen (secondary N) is 3. The molecule has 1 fully saturated rings. The van der Waals surface area contributed by atoms with Gasteiger partial charge in [-0.2, -0.15) is 0 Å². The molecule has 0 unspecified atom stereocenters. The molecule has 0 bridgehead atoms. The van der Waals surface area contributed by atoms with Gasteiger partial charge in [0.1, 0.15) is 16.5 Å². The molecule has 0 spiro atoms. The Bertz CT molecular complexity index is 1390. The summed E-state index contributed by atoms with van der Waals surface area (Å²) in [5, 5.41) is 16.2. The monoisotopic (exact) mass is 518 g/mol. The zero-order valence-electron chi connectivity index (χ0n) is 19.1. The molecule has 1 aromatic heterocycles. The quantitative estimate of drug-likeness (QED) is 0.245. The number of ether oxygens (including phenoxy) is 2. The van der Waals surface area contributed by atoms with Gasteiger partial charge in [-0.05, 0) is 31.9 Å². The molecule has 188 valence electrons. The zero-order chi connectivity index (χ0) is 26.0. The molecule has 4 rings (SSSR count). The van der Waals surface area contributed by atoms with Crippen LogP contribution in [0.4, 0.5) is 19.3 Å². The largest absolute Gasteiger partial charge is 0.514 e. The molecule has 3 amide bonds. The predicted molar refractivity (Wildman–Crippen MR) is 129 cm³/mol. The summed E-state index contributed by atoms with van der Waals surface area (Å²) >= 11 is 6.05. The Hall–Kier alpha value is -4.12. The number of rotatable bonds is 7. The van der Waals surface area contributed by atoms with Crippen LogP contribution >= 0.6 is 11.6 Å². The second-order valence-electron chi connectivity index (χ2n) is 7.98. The van der Waals surface area contributed by atoms with Crippen molar-refractivity contribution in [1.29, 1.82) is 0 Å². The number of urea groups is 1. The van der Waals surface area contributed by atoms with Gasteiger partial charge in [-0.25, -0.2) is 13.6 Å². The molecule has 1 saturated carbocycles. The first-order chi connectivity index (χ1) is 17.2. The molecule has 0 atom stereocenters. The highest BCUT2D eigenvalue weighted by atomic mass is 35.5. The maximum Gasteiger partial charge on any atom is 0.319 e. The number of anilines is 1. The Morgan fingerprint density at radius 2 is 1.97 bits per heavy atom. The number of aliphatic hydroxyl groups is 1. The summed E-state index contributed by atoms with van der Waals surface area (Å²) < 4.78 is 40.8. The van der Waals surface area contributed by atoms with Gasteiger partial charge in [-0.1, -0.05) is 11.6 Å². The second kappa shape index (κ2) is 10.2. The number of halogens is 3. The smallest absolute Gasteiger partial charge is 0.319 e. The number of carbonyl (C=O) groups is 2. The van der Waals surface area contributed by atoms with Gasteiger partial charge in [0.2, 0.25) is 0 Å². The molecule has 2 aromatic carbocycles. The minimum atomic E-state index is -1.22.